The van der Waals surface area contributed by atoms with Crippen molar-refractivity contribution in [3.8, 4) is 11.5 Å². The number of ether oxygens (including phenoxy) is 2. The minimum absolute atomic E-state index is 0.185. The highest BCUT2D eigenvalue weighted by atomic mass is 19.2. The number of nitrogens with zero attached hydrogens (tertiary/aromatic N) is 1. The Labute approximate surface area is 175 Å². The van der Waals surface area contributed by atoms with Gasteiger partial charge in [0.25, 0.3) is 0 Å². The first-order valence-corrected chi connectivity index (χ1v) is 9.97. The van der Waals surface area contributed by atoms with Crippen LogP contribution in [0.2, 0.25) is 0 Å². The maximum Gasteiger partial charge on any atom is 0.244 e. The Hall–Kier alpha value is -3.09. The lowest BCUT2D eigenvalue weighted by molar-refractivity contribution is -0.116. The summed E-state index contributed by atoms with van der Waals surface area (Å²) in [5, 5.41) is 2.91. The molecule has 0 spiro atoms. The van der Waals surface area contributed by atoms with Crippen LogP contribution in [0.5, 0.6) is 11.5 Å². The Bertz CT molecular complexity index is 917. The second-order valence-electron chi connectivity index (χ2n) is 7.12. The van der Waals surface area contributed by atoms with Crippen molar-refractivity contribution in [1.82, 2.24) is 5.32 Å². The number of carbonyl (C=O) groups excluding carboxylic acids is 1. The van der Waals surface area contributed by atoms with Crippen LogP contribution in [0.4, 0.5) is 14.5 Å². The molecule has 3 rings (SSSR count). The third kappa shape index (κ3) is 5.49. The summed E-state index contributed by atoms with van der Waals surface area (Å²) in [4.78, 5) is 14.2. The molecule has 0 aromatic heterocycles. The average molecular weight is 416 g/mol. The normalized spacial score (nSPS) is 16.1. The SMILES string of the molecule is CCOc1cc(/C=C/C(=O)NCC2CCN(c3ccc(F)c(F)c3)C2)ccc1OC. The third-order valence-corrected chi connectivity index (χ3v) is 5.03. The van der Waals surface area contributed by atoms with Crippen molar-refractivity contribution in [1.29, 1.82) is 0 Å². The van der Waals surface area contributed by atoms with Gasteiger partial charge < -0.3 is 19.7 Å². The van der Waals surface area contributed by atoms with Gasteiger partial charge in [0.05, 0.1) is 13.7 Å². The van der Waals surface area contributed by atoms with Crippen molar-refractivity contribution in [2.75, 3.05) is 38.3 Å². The molecule has 1 atom stereocenters. The van der Waals surface area contributed by atoms with E-state index < -0.39 is 11.6 Å². The van der Waals surface area contributed by atoms with Gasteiger partial charge in [-0.25, -0.2) is 8.78 Å². The molecule has 1 aliphatic rings. The number of amides is 1. The molecule has 1 unspecified atom stereocenters. The van der Waals surface area contributed by atoms with E-state index >= 15 is 0 Å². The predicted molar refractivity (Wildman–Crippen MR) is 113 cm³/mol. The summed E-state index contributed by atoms with van der Waals surface area (Å²) in [6.07, 6.45) is 4.08. The van der Waals surface area contributed by atoms with Crippen LogP contribution in [0, 0.1) is 17.6 Å². The number of hydrogen-bond acceptors (Lipinski definition) is 4. The van der Waals surface area contributed by atoms with E-state index in [2.05, 4.69) is 5.32 Å². The number of benzene rings is 2. The van der Waals surface area contributed by atoms with Crippen molar-refractivity contribution in [2.24, 2.45) is 5.92 Å². The molecule has 5 nitrogen and oxygen atoms in total. The minimum Gasteiger partial charge on any atom is -0.493 e. The highest BCUT2D eigenvalue weighted by Crippen LogP contribution is 2.28. The standard InChI is InChI=1S/C23H26F2N2O3/c1-3-30-22-12-16(4-8-21(22)29-2)5-9-23(28)26-14-17-10-11-27(15-17)18-6-7-19(24)20(25)13-18/h4-9,12-13,17H,3,10-11,14-15H2,1-2H3,(H,26,28)/b9-5+. The highest BCUT2D eigenvalue weighted by Gasteiger charge is 2.23. The first kappa shape index (κ1) is 21.6. The first-order chi connectivity index (χ1) is 14.5. The molecule has 1 heterocycles. The lowest BCUT2D eigenvalue weighted by Gasteiger charge is -2.19. The molecule has 0 bridgehead atoms. The van der Waals surface area contributed by atoms with Gasteiger partial charge in [0.1, 0.15) is 0 Å². The largest absolute Gasteiger partial charge is 0.493 e. The van der Waals surface area contributed by atoms with Gasteiger partial charge in [-0.2, -0.15) is 0 Å². The number of methoxy groups -OCH3 is 1. The summed E-state index contributed by atoms with van der Waals surface area (Å²) in [5.41, 5.74) is 1.49. The molecule has 2 aromatic carbocycles. The predicted octanol–water partition coefficient (Wildman–Crippen LogP) is 4.03. The first-order valence-electron chi connectivity index (χ1n) is 9.97. The molecular weight excluding hydrogens is 390 g/mol. The molecular formula is C23H26F2N2O3. The lowest BCUT2D eigenvalue weighted by atomic mass is 10.1. The zero-order valence-electron chi connectivity index (χ0n) is 17.2. The number of anilines is 1. The number of carbonyl (C=O) groups is 1. The van der Waals surface area contributed by atoms with Crippen molar-refractivity contribution < 1.29 is 23.0 Å². The maximum absolute atomic E-state index is 13.4. The zero-order valence-corrected chi connectivity index (χ0v) is 17.2. The van der Waals surface area contributed by atoms with E-state index in [1.165, 1.54) is 12.1 Å². The molecule has 1 amide bonds. The Morgan fingerprint density at radius 2 is 2.03 bits per heavy atom. The van der Waals surface area contributed by atoms with Crippen LogP contribution < -0.4 is 19.7 Å². The molecule has 160 valence electrons. The summed E-state index contributed by atoms with van der Waals surface area (Å²) in [7, 11) is 1.58. The summed E-state index contributed by atoms with van der Waals surface area (Å²) in [6, 6.07) is 9.40. The topological polar surface area (TPSA) is 50.8 Å². The Morgan fingerprint density at radius 3 is 2.77 bits per heavy atom. The fourth-order valence-electron chi connectivity index (χ4n) is 3.46. The second kappa shape index (κ2) is 10.1. The molecule has 1 aliphatic heterocycles. The van der Waals surface area contributed by atoms with Gasteiger partial charge in [0.2, 0.25) is 5.91 Å². The fraction of sp³-hybridized carbons (Fsp3) is 0.348. The molecule has 30 heavy (non-hydrogen) atoms. The molecule has 1 fully saturated rings. The third-order valence-electron chi connectivity index (χ3n) is 5.03. The number of hydrogen-bond donors (Lipinski definition) is 1. The van der Waals surface area contributed by atoms with Crippen molar-refractivity contribution in [3.63, 3.8) is 0 Å². The van der Waals surface area contributed by atoms with E-state index in [9.17, 15) is 13.6 Å². The number of halogens is 2. The van der Waals surface area contributed by atoms with Gasteiger partial charge >= 0.3 is 0 Å². The van der Waals surface area contributed by atoms with Crippen molar-refractivity contribution in [2.45, 2.75) is 13.3 Å². The van der Waals surface area contributed by atoms with Crippen LogP contribution in [-0.4, -0.2) is 39.3 Å². The maximum atomic E-state index is 13.4. The summed E-state index contributed by atoms with van der Waals surface area (Å²) in [6.45, 7) is 4.37. The molecule has 0 saturated carbocycles. The van der Waals surface area contributed by atoms with Crippen LogP contribution in [0.25, 0.3) is 6.08 Å². The molecule has 0 aliphatic carbocycles. The van der Waals surface area contributed by atoms with Crippen LogP contribution in [0.3, 0.4) is 0 Å². The summed E-state index contributed by atoms with van der Waals surface area (Å²) < 4.78 is 37.3. The lowest BCUT2D eigenvalue weighted by Crippen LogP contribution is -2.29. The smallest absolute Gasteiger partial charge is 0.244 e. The van der Waals surface area contributed by atoms with Crippen molar-refractivity contribution in [3.05, 3.63) is 59.7 Å². The number of rotatable bonds is 8. The van der Waals surface area contributed by atoms with Crippen molar-refractivity contribution >= 4 is 17.7 Å². The van der Waals surface area contributed by atoms with E-state index in [-0.39, 0.29) is 11.8 Å². The van der Waals surface area contributed by atoms with Crippen LogP contribution in [-0.2, 0) is 4.79 Å². The Kier molecular flexibility index (Phi) is 7.27. The summed E-state index contributed by atoms with van der Waals surface area (Å²) >= 11 is 0. The van der Waals surface area contributed by atoms with E-state index in [1.807, 2.05) is 24.0 Å². The molecule has 7 heteroatoms. The molecule has 2 aromatic rings. The Balaban J connectivity index is 1.50. The zero-order chi connectivity index (χ0) is 21.5. The highest BCUT2D eigenvalue weighted by molar-refractivity contribution is 5.91. The average Bonchev–Trinajstić information content (AvgIpc) is 3.22. The molecule has 1 N–H and O–H groups in total. The number of nitrogens with one attached hydrogen (secondary N) is 1. The Morgan fingerprint density at radius 1 is 1.20 bits per heavy atom. The molecule has 0 radical (unpaired) electrons. The van der Waals surface area contributed by atoms with Gasteiger partial charge in [-0.05, 0) is 55.2 Å². The van der Waals surface area contributed by atoms with E-state index in [0.717, 1.165) is 24.6 Å². The monoisotopic (exact) mass is 416 g/mol. The summed E-state index contributed by atoms with van der Waals surface area (Å²) in [5.74, 6) is -0.355. The van der Waals surface area contributed by atoms with Gasteiger partial charge in [-0.15, -0.1) is 0 Å². The van der Waals surface area contributed by atoms with E-state index in [4.69, 9.17) is 9.47 Å². The van der Waals surface area contributed by atoms with Crippen LogP contribution >= 0.6 is 0 Å². The van der Waals surface area contributed by atoms with Crippen LogP contribution in [0.15, 0.2) is 42.5 Å². The van der Waals surface area contributed by atoms with Gasteiger partial charge in [0.15, 0.2) is 23.1 Å². The van der Waals surface area contributed by atoms with E-state index in [1.54, 1.807) is 25.3 Å². The molecule has 1 saturated heterocycles. The fourth-order valence-corrected chi connectivity index (χ4v) is 3.46. The minimum atomic E-state index is -0.848. The second-order valence-corrected chi connectivity index (χ2v) is 7.12. The van der Waals surface area contributed by atoms with Gasteiger partial charge in [0, 0.05) is 37.5 Å². The van der Waals surface area contributed by atoms with Gasteiger partial charge in [-0.1, -0.05) is 6.07 Å². The quantitative estimate of drug-likeness (QED) is 0.661. The van der Waals surface area contributed by atoms with E-state index in [0.29, 0.717) is 36.9 Å². The van der Waals surface area contributed by atoms with Crippen LogP contribution in [0.1, 0.15) is 18.9 Å². The van der Waals surface area contributed by atoms with Gasteiger partial charge in [-0.3, -0.25) is 4.79 Å².